The number of amides is 1. The van der Waals surface area contributed by atoms with Crippen LogP contribution < -0.4 is 5.73 Å². The van der Waals surface area contributed by atoms with Gasteiger partial charge in [-0.2, -0.15) is 0 Å². The normalized spacial score (nSPS) is 34.1. The minimum atomic E-state index is 0.0736. The highest BCUT2D eigenvalue weighted by Crippen LogP contribution is 2.53. The Kier molecular flexibility index (Phi) is 2.75. The number of likely N-dealkylation sites (tertiary alicyclic amines) is 1. The summed E-state index contributed by atoms with van der Waals surface area (Å²) in [5.41, 5.74) is 5.92. The van der Waals surface area contributed by atoms with E-state index < -0.39 is 0 Å². The number of carbonyl (C=O) groups excluding carboxylic acids is 1. The number of fused-ring (bicyclic) bond motifs is 1. The Balaban J connectivity index is 2.04. The first-order chi connectivity index (χ1) is 7.10. The maximum Gasteiger partial charge on any atom is 0.223 e. The SMILES string of the molecule is CC(C)CC(=O)N1CCCC2CC21CN. The highest BCUT2D eigenvalue weighted by Gasteiger charge is 2.59. The van der Waals surface area contributed by atoms with Gasteiger partial charge in [0.15, 0.2) is 0 Å². The smallest absolute Gasteiger partial charge is 0.223 e. The quantitative estimate of drug-likeness (QED) is 0.764. The minimum Gasteiger partial charge on any atom is -0.335 e. The molecule has 0 spiro atoms. The predicted octanol–water partition coefficient (Wildman–Crippen LogP) is 1.37. The first-order valence-corrected chi connectivity index (χ1v) is 6.10. The van der Waals surface area contributed by atoms with Crippen LogP contribution in [-0.4, -0.2) is 29.4 Å². The molecule has 0 bridgehead atoms. The van der Waals surface area contributed by atoms with Crippen molar-refractivity contribution in [3.63, 3.8) is 0 Å². The van der Waals surface area contributed by atoms with Gasteiger partial charge in [-0.15, -0.1) is 0 Å². The Labute approximate surface area is 92.0 Å². The van der Waals surface area contributed by atoms with Crippen molar-refractivity contribution in [2.75, 3.05) is 13.1 Å². The molecule has 1 saturated heterocycles. The molecule has 2 N–H and O–H groups in total. The molecule has 2 atom stereocenters. The number of carbonyl (C=O) groups is 1. The summed E-state index contributed by atoms with van der Waals surface area (Å²) < 4.78 is 0. The third-order valence-electron chi connectivity index (χ3n) is 3.91. The lowest BCUT2D eigenvalue weighted by atomic mass is 10.00. The van der Waals surface area contributed by atoms with Crippen LogP contribution in [0.15, 0.2) is 0 Å². The number of hydrogen-bond donors (Lipinski definition) is 1. The van der Waals surface area contributed by atoms with Crippen LogP contribution >= 0.6 is 0 Å². The van der Waals surface area contributed by atoms with E-state index in [-0.39, 0.29) is 5.54 Å². The fraction of sp³-hybridized carbons (Fsp3) is 0.917. The van der Waals surface area contributed by atoms with Crippen molar-refractivity contribution < 1.29 is 4.79 Å². The summed E-state index contributed by atoms with van der Waals surface area (Å²) in [5.74, 6) is 1.47. The summed E-state index contributed by atoms with van der Waals surface area (Å²) >= 11 is 0. The Morgan fingerprint density at radius 2 is 2.33 bits per heavy atom. The Hall–Kier alpha value is -0.570. The molecule has 0 aromatic heterocycles. The number of rotatable bonds is 3. The zero-order valence-corrected chi connectivity index (χ0v) is 9.83. The van der Waals surface area contributed by atoms with Crippen molar-refractivity contribution in [1.82, 2.24) is 4.90 Å². The second kappa shape index (κ2) is 3.78. The first-order valence-electron chi connectivity index (χ1n) is 6.10. The van der Waals surface area contributed by atoms with Crippen LogP contribution in [0.25, 0.3) is 0 Å². The molecule has 1 saturated carbocycles. The van der Waals surface area contributed by atoms with E-state index in [2.05, 4.69) is 18.7 Å². The number of nitrogens with zero attached hydrogens (tertiary/aromatic N) is 1. The van der Waals surface area contributed by atoms with Crippen LogP contribution in [0.2, 0.25) is 0 Å². The molecule has 2 aliphatic rings. The van der Waals surface area contributed by atoms with Gasteiger partial charge < -0.3 is 10.6 Å². The fourth-order valence-corrected chi connectivity index (χ4v) is 2.98. The van der Waals surface area contributed by atoms with E-state index >= 15 is 0 Å². The highest BCUT2D eigenvalue weighted by molar-refractivity contribution is 5.78. The molecular formula is C12H22N2O. The van der Waals surface area contributed by atoms with E-state index in [1.54, 1.807) is 0 Å². The summed E-state index contributed by atoms with van der Waals surface area (Å²) in [5, 5.41) is 0. The lowest BCUT2D eigenvalue weighted by Crippen LogP contribution is -2.50. The molecule has 2 rings (SSSR count). The van der Waals surface area contributed by atoms with E-state index in [9.17, 15) is 4.79 Å². The van der Waals surface area contributed by atoms with Gasteiger partial charge in [-0.3, -0.25) is 4.79 Å². The highest BCUT2D eigenvalue weighted by atomic mass is 16.2. The summed E-state index contributed by atoms with van der Waals surface area (Å²) in [6.45, 7) is 5.78. The predicted molar refractivity (Wildman–Crippen MR) is 60.3 cm³/mol. The summed E-state index contributed by atoms with van der Waals surface area (Å²) in [7, 11) is 0. The summed E-state index contributed by atoms with van der Waals surface area (Å²) in [6, 6.07) is 0. The topological polar surface area (TPSA) is 46.3 Å². The largest absolute Gasteiger partial charge is 0.335 e. The van der Waals surface area contributed by atoms with Gasteiger partial charge in [-0.1, -0.05) is 13.8 Å². The molecule has 1 heterocycles. The number of piperidine rings is 1. The van der Waals surface area contributed by atoms with Gasteiger partial charge >= 0.3 is 0 Å². The van der Waals surface area contributed by atoms with E-state index in [4.69, 9.17) is 5.73 Å². The summed E-state index contributed by atoms with van der Waals surface area (Å²) in [4.78, 5) is 14.2. The third-order valence-corrected chi connectivity index (χ3v) is 3.91. The Bertz CT molecular complexity index is 264. The van der Waals surface area contributed by atoms with Crippen LogP contribution in [0.4, 0.5) is 0 Å². The number of hydrogen-bond acceptors (Lipinski definition) is 2. The van der Waals surface area contributed by atoms with E-state index in [0.29, 0.717) is 30.7 Å². The van der Waals surface area contributed by atoms with Gasteiger partial charge in [-0.05, 0) is 31.1 Å². The van der Waals surface area contributed by atoms with Crippen molar-refractivity contribution in [3.05, 3.63) is 0 Å². The average Bonchev–Trinajstić information content (AvgIpc) is 2.90. The van der Waals surface area contributed by atoms with Crippen LogP contribution in [0.5, 0.6) is 0 Å². The average molecular weight is 210 g/mol. The molecule has 3 nitrogen and oxygen atoms in total. The second-order valence-corrected chi connectivity index (χ2v) is 5.49. The molecular weight excluding hydrogens is 188 g/mol. The van der Waals surface area contributed by atoms with Crippen molar-refractivity contribution in [1.29, 1.82) is 0 Å². The monoisotopic (exact) mass is 210 g/mol. The lowest BCUT2D eigenvalue weighted by molar-refractivity contribution is -0.136. The number of nitrogens with two attached hydrogens (primary N) is 1. The molecule has 2 unspecified atom stereocenters. The zero-order chi connectivity index (χ0) is 11.1. The van der Waals surface area contributed by atoms with Crippen LogP contribution in [0.1, 0.15) is 39.5 Å². The van der Waals surface area contributed by atoms with E-state index in [1.807, 2.05) is 0 Å². The van der Waals surface area contributed by atoms with Crippen LogP contribution in [-0.2, 0) is 4.79 Å². The third kappa shape index (κ3) is 1.78. The molecule has 0 radical (unpaired) electrons. The van der Waals surface area contributed by atoms with Gasteiger partial charge in [0.1, 0.15) is 0 Å². The Morgan fingerprint density at radius 3 is 2.93 bits per heavy atom. The van der Waals surface area contributed by atoms with Gasteiger partial charge in [0.2, 0.25) is 5.91 Å². The molecule has 86 valence electrons. The maximum atomic E-state index is 12.1. The van der Waals surface area contributed by atoms with Gasteiger partial charge in [0, 0.05) is 19.5 Å². The fourth-order valence-electron chi connectivity index (χ4n) is 2.98. The standard InChI is InChI=1S/C12H22N2O/c1-9(2)6-11(15)14-5-3-4-10-7-12(10,14)8-13/h9-10H,3-8,13H2,1-2H3. The second-order valence-electron chi connectivity index (χ2n) is 5.49. The van der Waals surface area contributed by atoms with E-state index in [1.165, 1.54) is 6.42 Å². The maximum absolute atomic E-state index is 12.1. The Morgan fingerprint density at radius 1 is 1.60 bits per heavy atom. The molecule has 0 aromatic rings. The molecule has 0 aromatic carbocycles. The molecule has 15 heavy (non-hydrogen) atoms. The molecule has 1 aliphatic carbocycles. The summed E-state index contributed by atoms with van der Waals surface area (Å²) in [6.07, 6.45) is 4.25. The molecule has 2 fully saturated rings. The lowest BCUT2D eigenvalue weighted by Gasteiger charge is -2.36. The van der Waals surface area contributed by atoms with E-state index in [0.717, 1.165) is 19.4 Å². The van der Waals surface area contributed by atoms with Crippen molar-refractivity contribution in [2.45, 2.75) is 45.1 Å². The van der Waals surface area contributed by atoms with Crippen LogP contribution in [0, 0.1) is 11.8 Å². The molecule has 1 aliphatic heterocycles. The van der Waals surface area contributed by atoms with Crippen molar-refractivity contribution in [2.24, 2.45) is 17.6 Å². The zero-order valence-electron chi connectivity index (χ0n) is 9.83. The van der Waals surface area contributed by atoms with Gasteiger partial charge in [0.25, 0.3) is 0 Å². The van der Waals surface area contributed by atoms with Gasteiger partial charge in [-0.25, -0.2) is 0 Å². The van der Waals surface area contributed by atoms with Crippen LogP contribution in [0.3, 0.4) is 0 Å². The first kappa shape index (κ1) is 10.9. The molecule has 1 amide bonds. The minimum absolute atomic E-state index is 0.0736. The van der Waals surface area contributed by atoms with Crippen molar-refractivity contribution >= 4 is 5.91 Å². The molecule has 3 heteroatoms. The van der Waals surface area contributed by atoms with Crippen molar-refractivity contribution in [3.8, 4) is 0 Å². The van der Waals surface area contributed by atoms with Gasteiger partial charge in [0.05, 0.1) is 5.54 Å².